The molecule has 0 bridgehead atoms. The van der Waals surface area contributed by atoms with Crippen LogP contribution < -0.4 is 0 Å². The lowest BCUT2D eigenvalue weighted by Crippen LogP contribution is -2.36. The second-order valence-corrected chi connectivity index (χ2v) is 4.94. The summed E-state index contributed by atoms with van der Waals surface area (Å²) >= 11 is 0. The molecule has 0 radical (unpaired) electrons. The fourth-order valence-electron chi connectivity index (χ4n) is 1.64. The minimum absolute atomic E-state index is 0.411. The van der Waals surface area contributed by atoms with Gasteiger partial charge in [-0.1, -0.05) is 5.92 Å². The smallest absolute Gasteiger partial charge is 0.222 e. The number of methoxy groups -OCH3 is 1. The maximum atomic E-state index is 9.85. The summed E-state index contributed by atoms with van der Waals surface area (Å²) < 4.78 is 16.1. The Kier molecular flexibility index (Phi) is 7.49. The summed E-state index contributed by atoms with van der Waals surface area (Å²) in [6.45, 7) is 10.2. The molecule has 18 heavy (non-hydrogen) atoms. The summed E-state index contributed by atoms with van der Waals surface area (Å²) in [5.74, 6) is 5.89. The number of rotatable bonds is 7. The van der Waals surface area contributed by atoms with Crippen molar-refractivity contribution in [3.8, 4) is 11.8 Å². The van der Waals surface area contributed by atoms with E-state index in [9.17, 15) is 5.11 Å². The molecular formula is C14H26O4. The fraction of sp³-hybridized carbons (Fsp3) is 0.857. The van der Waals surface area contributed by atoms with Gasteiger partial charge in [0.25, 0.3) is 0 Å². The van der Waals surface area contributed by atoms with E-state index in [1.54, 1.807) is 21.0 Å². The van der Waals surface area contributed by atoms with Crippen LogP contribution in [0.25, 0.3) is 0 Å². The zero-order valence-electron chi connectivity index (χ0n) is 12.4. The first-order valence-electron chi connectivity index (χ1n) is 6.29. The van der Waals surface area contributed by atoms with Gasteiger partial charge in [-0.05, 0) is 40.5 Å². The first-order chi connectivity index (χ1) is 8.26. The maximum absolute atomic E-state index is 9.85. The van der Waals surface area contributed by atoms with Crippen LogP contribution >= 0.6 is 0 Å². The third-order valence-electron chi connectivity index (χ3n) is 2.31. The predicted molar refractivity (Wildman–Crippen MR) is 71.1 cm³/mol. The topological polar surface area (TPSA) is 47.9 Å². The van der Waals surface area contributed by atoms with Gasteiger partial charge >= 0.3 is 0 Å². The standard InChI is InChI=1S/C14H26O4/c1-7-17-12(18-8-2)9-10-14(5,16-6)11-13(3,4)15/h12,15H,7-8,11H2,1-6H3. The van der Waals surface area contributed by atoms with Gasteiger partial charge in [-0.2, -0.15) is 0 Å². The van der Waals surface area contributed by atoms with E-state index in [2.05, 4.69) is 11.8 Å². The monoisotopic (exact) mass is 258 g/mol. The highest BCUT2D eigenvalue weighted by Gasteiger charge is 2.29. The number of aliphatic hydroxyl groups is 1. The second-order valence-electron chi connectivity index (χ2n) is 4.94. The molecule has 1 N–H and O–H groups in total. The van der Waals surface area contributed by atoms with Crippen LogP contribution in [0.5, 0.6) is 0 Å². The number of hydrogen-bond donors (Lipinski definition) is 1. The molecule has 106 valence electrons. The zero-order chi connectivity index (χ0) is 14.2. The summed E-state index contributed by atoms with van der Waals surface area (Å²) in [6.07, 6.45) is -0.134. The van der Waals surface area contributed by atoms with Crippen molar-refractivity contribution in [2.45, 2.75) is 58.5 Å². The molecule has 0 saturated carbocycles. The summed E-state index contributed by atoms with van der Waals surface area (Å²) in [4.78, 5) is 0. The van der Waals surface area contributed by atoms with Crippen LogP contribution in [0.3, 0.4) is 0 Å². The predicted octanol–water partition coefficient (Wildman–Crippen LogP) is 1.95. The maximum Gasteiger partial charge on any atom is 0.222 e. The summed E-state index contributed by atoms with van der Waals surface area (Å²) in [5.41, 5.74) is -1.56. The van der Waals surface area contributed by atoms with Gasteiger partial charge in [0.2, 0.25) is 6.29 Å². The molecule has 0 rings (SSSR count). The average molecular weight is 258 g/mol. The van der Waals surface area contributed by atoms with Crippen LogP contribution in [0.4, 0.5) is 0 Å². The lowest BCUT2D eigenvalue weighted by atomic mass is 9.91. The molecule has 4 nitrogen and oxygen atoms in total. The van der Waals surface area contributed by atoms with Gasteiger partial charge < -0.3 is 19.3 Å². The highest BCUT2D eigenvalue weighted by Crippen LogP contribution is 2.22. The van der Waals surface area contributed by atoms with Crippen molar-refractivity contribution in [2.24, 2.45) is 0 Å². The third-order valence-corrected chi connectivity index (χ3v) is 2.31. The zero-order valence-corrected chi connectivity index (χ0v) is 12.4. The van der Waals surface area contributed by atoms with E-state index in [0.29, 0.717) is 19.6 Å². The van der Waals surface area contributed by atoms with Gasteiger partial charge in [0.05, 0.1) is 5.60 Å². The highest BCUT2D eigenvalue weighted by atomic mass is 16.7. The van der Waals surface area contributed by atoms with Crippen LogP contribution in [-0.2, 0) is 14.2 Å². The van der Waals surface area contributed by atoms with E-state index < -0.39 is 17.5 Å². The van der Waals surface area contributed by atoms with Crippen LogP contribution in [0.1, 0.15) is 41.0 Å². The molecule has 0 fully saturated rings. The lowest BCUT2D eigenvalue weighted by Gasteiger charge is -2.29. The van der Waals surface area contributed by atoms with Crippen molar-refractivity contribution in [1.29, 1.82) is 0 Å². The van der Waals surface area contributed by atoms with E-state index in [1.165, 1.54) is 0 Å². The Morgan fingerprint density at radius 3 is 1.94 bits per heavy atom. The van der Waals surface area contributed by atoms with Crippen LogP contribution in [0.2, 0.25) is 0 Å². The van der Waals surface area contributed by atoms with Gasteiger partial charge in [0, 0.05) is 26.7 Å². The van der Waals surface area contributed by atoms with E-state index in [1.807, 2.05) is 20.8 Å². The van der Waals surface area contributed by atoms with Crippen LogP contribution in [0, 0.1) is 11.8 Å². The molecule has 0 amide bonds. The summed E-state index contributed by atoms with van der Waals surface area (Å²) in [7, 11) is 1.58. The molecule has 4 heteroatoms. The minimum atomic E-state index is -0.841. The minimum Gasteiger partial charge on any atom is -0.390 e. The van der Waals surface area contributed by atoms with Gasteiger partial charge in [-0.15, -0.1) is 0 Å². The Hall–Kier alpha value is -0.600. The van der Waals surface area contributed by atoms with Gasteiger partial charge in [0.1, 0.15) is 5.60 Å². The molecule has 0 aromatic rings. The second kappa shape index (κ2) is 7.75. The Morgan fingerprint density at radius 1 is 1.11 bits per heavy atom. The average Bonchev–Trinajstić information content (AvgIpc) is 2.24. The molecule has 0 heterocycles. The largest absolute Gasteiger partial charge is 0.390 e. The van der Waals surface area contributed by atoms with Crippen molar-refractivity contribution < 1.29 is 19.3 Å². The Morgan fingerprint density at radius 2 is 1.61 bits per heavy atom. The van der Waals surface area contributed by atoms with Gasteiger partial charge in [-0.25, -0.2) is 0 Å². The lowest BCUT2D eigenvalue weighted by molar-refractivity contribution is -0.0977. The Bertz CT molecular complexity index is 278. The first kappa shape index (κ1) is 17.4. The highest BCUT2D eigenvalue weighted by molar-refractivity contribution is 5.15. The molecular weight excluding hydrogens is 232 g/mol. The molecule has 0 spiro atoms. The normalized spacial score (nSPS) is 15.1. The molecule has 1 atom stereocenters. The summed E-state index contributed by atoms with van der Waals surface area (Å²) in [5, 5.41) is 9.85. The summed E-state index contributed by atoms with van der Waals surface area (Å²) in [6, 6.07) is 0. The molecule has 1 unspecified atom stereocenters. The van der Waals surface area contributed by atoms with E-state index in [4.69, 9.17) is 14.2 Å². The Balaban J connectivity index is 4.76. The van der Waals surface area contributed by atoms with Crippen molar-refractivity contribution >= 4 is 0 Å². The first-order valence-corrected chi connectivity index (χ1v) is 6.29. The van der Waals surface area contributed by atoms with Crippen LogP contribution in [0.15, 0.2) is 0 Å². The third kappa shape index (κ3) is 7.67. The molecule has 0 aliphatic heterocycles. The molecule has 0 saturated heterocycles. The van der Waals surface area contributed by atoms with Crippen molar-refractivity contribution in [2.75, 3.05) is 20.3 Å². The Labute approximate surface area is 111 Å². The van der Waals surface area contributed by atoms with E-state index >= 15 is 0 Å². The van der Waals surface area contributed by atoms with Crippen molar-refractivity contribution in [3.63, 3.8) is 0 Å². The SMILES string of the molecule is CCOC(C#CC(C)(CC(C)(C)O)OC)OCC. The molecule has 0 aromatic heterocycles. The van der Waals surface area contributed by atoms with Gasteiger partial charge in [0.15, 0.2) is 0 Å². The van der Waals surface area contributed by atoms with Crippen molar-refractivity contribution in [1.82, 2.24) is 0 Å². The van der Waals surface area contributed by atoms with E-state index in [0.717, 1.165) is 0 Å². The fourth-order valence-corrected chi connectivity index (χ4v) is 1.64. The van der Waals surface area contributed by atoms with Crippen molar-refractivity contribution in [3.05, 3.63) is 0 Å². The molecule has 0 aliphatic rings. The quantitative estimate of drug-likeness (QED) is 0.560. The molecule has 0 aromatic carbocycles. The number of ether oxygens (including phenoxy) is 3. The van der Waals surface area contributed by atoms with E-state index in [-0.39, 0.29) is 0 Å². The van der Waals surface area contributed by atoms with Crippen LogP contribution in [-0.4, -0.2) is 42.9 Å². The van der Waals surface area contributed by atoms with Gasteiger partial charge in [-0.3, -0.25) is 0 Å². The number of hydrogen-bond acceptors (Lipinski definition) is 4. The molecule has 0 aliphatic carbocycles.